The molecule has 6 rings (SSSR count). The first-order chi connectivity index (χ1) is 19.8. The van der Waals surface area contributed by atoms with Gasteiger partial charge in [-0.15, -0.1) is 0 Å². The Morgan fingerprint density at radius 2 is 1.23 bits per heavy atom. The number of hydrogen-bond acceptors (Lipinski definition) is 7. The van der Waals surface area contributed by atoms with Crippen molar-refractivity contribution in [1.82, 2.24) is 15.1 Å². The summed E-state index contributed by atoms with van der Waals surface area (Å²) in [6.45, 7) is 8.46. The first-order valence-corrected chi connectivity index (χ1v) is 16.0. The van der Waals surface area contributed by atoms with E-state index in [9.17, 15) is 10.2 Å². The molecule has 0 unspecified atom stereocenters. The molecule has 2 aromatic carbocycles. The van der Waals surface area contributed by atoms with Crippen molar-refractivity contribution < 1.29 is 19.7 Å². The van der Waals surface area contributed by atoms with E-state index >= 15 is 0 Å². The third-order valence-electron chi connectivity index (χ3n) is 8.42. The lowest BCUT2D eigenvalue weighted by Gasteiger charge is -2.35. The Labute approximate surface area is 270 Å². The Kier molecular flexibility index (Phi) is 14.0. The molecule has 2 aliphatic heterocycles. The van der Waals surface area contributed by atoms with Gasteiger partial charge in [0.25, 0.3) is 0 Å². The Hall–Kier alpha value is -1.52. The number of hydrogen-bond donors (Lipinski definition) is 3. The fraction of sp³-hybridized carbons (Fsp3) is 0.636. The average molecular weight is 633 g/mol. The number of ether oxygens (including phenoxy) is 2. The smallest absolute Gasteiger partial charge is 0.138 e. The molecule has 4 atom stereocenters. The third-order valence-corrected chi connectivity index (χ3v) is 9.01. The molecule has 7 nitrogen and oxygen atoms in total. The van der Waals surface area contributed by atoms with Crippen LogP contribution in [0, 0.1) is 5.92 Å². The second-order valence-corrected chi connectivity index (χ2v) is 12.9. The number of halogens is 2. The summed E-state index contributed by atoms with van der Waals surface area (Å²) in [5, 5.41) is 25.4. The first-order valence-electron chi connectivity index (χ1n) is 15.2. The molecule has 237 valence electrons. The molecule has 2 saturated carbocycles. The number of aliphatic hydroxyl groups excluding tert-OH is 2. The van der Waals surface area contributed by atoms with Gasteiger partial charge < -0.3 is 34.8 Å². The second-order valence-electron chi connectivity index (χ2n) is 12.1. The van der Waals surface area contributed by atoms with Crippen LogP contribution in [0.1, 0.15) is 76.2 Å². The lowest BCUT2D eigenvalue weighted by atomic mass is 9.96. The lowest BCUT2D eigenvalue weighted by molar-refractivity contribution is 0.0677. The van der Waals surface area contributed by atoms with Crippen LogP contribution in [-0.4, -0.2) is 93.0 Å². The van der Waals surface area contributed by atoms with Crippen molar-refractivity contribution in [1.29, 1.82) is 0 Å². The summed E-state index contributed by atoms with van der Waals surface area (Å²) < 4.78 is 11.5. The third kappa shape index (κ3) is 10.2. The van der Waals surface area contributed by atoms with E-state index in [1.54, 1.807) is 0 Å². The maximum absolute atomic E-state index is 10.6. The quantitative estimate of drug-likeness (QED) is 0.244. The van der Waals surface area contributed by atoms with E-state index < -0.39 is 12.2 Å². The van der Waals surface area contributed by atoms with Gasteiger partial charge in [0.15, 0.2) is 0 Å². The van der Waals surface area contributed by atoms with Gasteiger partial charge in [-0.05, 0) is 113 Å². The molecule has 4 fully saturated rings. The monoisotopic (exact) mass is 632 g/mol. The second kappa shape index (κ2) is 16.7. The van der Waals surface area contributed by atoms with E-state index in [2.05, 4.69) is 22.0 Å². The van der Waals surface area contributed by atoms with Crippen LogP contribution in [0.25, 0.3) is 0 Å². The fourth-order valence-corrected chi connectivity index (χ4v) is 5.61. The summed E-state index contributed by atoms with van der Waals surface area (Å²) in [6.07, 6.45) is 6.63. The van der Waals surface area contributed by atoms with E-state index in [0.717, 1.165) is 87.6 Å². The van der Waals surface area contributed by atoms with Crippen molar-refractivity contribution in [3.8, 4) is 11.5 Å². The van der Waals surface area contributed by atoms with Crippen LogP contribution in [0.3, 0.4) is 0 Å². The number of nitrogens with one attached hydrogen (secondary N) is 1. The number of likely N-dealkylation sites (N-methyl/N-ethyl adjacent to an activating group) is 1. The largest absolute Gasteiger partial charge is 0.489 e. The molecule has 0 aromatic heterocycles. The van der Waals surface area contributed by atoms with Crippen LogP contribution in [0.15, 0.2) is 36.4 Å². The van der Waals surface area contributed by atoms with Crippen LogP contribution < -0.4 is 14.8 Å². The summed E-state index contributed by atoms with van der Waals surface area (Å²) in [5.74, 6) is 1.67. The molecule has 3 radical (unpaired) electrons. The van der Waals surface area contributed by atoms with Gasteiger partial charge in [0.05, 0.1) is 34.5 Å². The first kappa shape index (κ1) is 36.0. The van der Waals surface area contributed by atoms with Crippen LogP contribution in [0.2, 0.25) is 10.0 Å². The summed E-state index contributed by atoms with van der Waals surface area (Å²) in [6, 6.07) is 11.3. The van der Waals surface area contributed by atoms with Crippen LogP contribution in [0.5, 0.6) is 11.5 Å². The minimum Gasteiger partial charge on any atom is -0.489 e. The molecule has 2 saturated heterocycles. The SMILES string of the molecule is C.CN[C@H](CN1CCC1)[C@H](O)c1ccc(OC2CC2)c(Cl)c1.C[C@H](CN1CCC1)[C@H](O)c1ccc(OC2CC2)c(Cl)c1.[B]. The molecular weight excluding hydrogens is 584 g/mol. The van der Waals surface area contributed by atoms with Crippen molar-refractivity contribution in [2.75, 3.05) is 46.3 Å². The zero-order chi connectivity index (χ0) is 28.9. The van der Waals surface area contributed by atoms with Gasteiger partial charge in [-0.25, -0.2) is 0 Å². The van der Waals surface area contributed by atoms with E-state index in [4.69, 9.17) is 32.7 Å². The summed E-state index contributed by atoms with van der Waals surface area (Å²) in [5.41, 5.74) is 1.72. The van der Waals surface area contributed by atoms with E-state index in [0.29, 0.717) is 22.3 Å². The Balaban J connectivity index is 0.000000225. The fourth-order valence-electron chi connectivity index (χ4n) is 5.15. The zero-order valence-electron chi connectivity index (χ0n) is 24.9. The summed E-state index contributed by atoms with van der Waals surface area (Å²) in [7, 11) is 1.89. The number of benzene rings is 2. The van der Waals surface area contributed by atoms with E-state index in [-0.39, 0.29) is 27.8 Å². The minimum absolute atomic E-state index is 0. The number of aliphatic hydroxyl groups is 2. The topological polar surface area (TPSA) is 77.4 Å². The number of likely N-dealkylation sites (tertiary alicyclic amines) is 2. The molecule has 4 aliphatic rings. The summed E-state index contributed by atoms with van der Waals surface area (Å²) >= 11 is 12.5. The molecule has 0 amide bonds. The molecular formula is C33H49BCl2N3O4. The molecule has 3 N–H and O–H groups in total. The molecule has 2 aromatic rings. The molecule has 0 bridgehead atoms. The number of nitrogens with zero attached hydrogens (tertiary/aromatic N) is 2. The van der Waals surface area contributed by atoms with Gasteiger partial charge in [0.1, 0.15) is 11.5 Å². The van der Waals surface area contributed by atoms with Gasteiger partial charge in [-0.3, -0.25) is 0 Å². The standard InChI is InChI=1S/C16H23ClN2O2.C16H22ClNO2.CH4.B/c1-18-14(10-19-7-2-8-19)16(20)11-3-6-15(13(17)9-11)21-12-4-5-12;1-11(10-18-7-2-8-18)16(19)12-3-6-15(14(17)9-12)20-13-4-5-13;;/h3,6,9,12,14,16,18,20H,2,4-5,7-8,10H2,1H3;3,6,9,11,13,16,19H,2,4-5,7-8,10H2,1H3;1H4;/t14-,16-;11-,16+;;/m11../s1. The molecule has 0 spiro atoms. The Morgan fingerprint density at radius 3 is 1.60 bits per heavy atom. The van der Waals surface area contributed by atoms with E-state index in [1.807, 2.05) is 43.4 Å². The highest BCUT2D eigenvalue weighted by atomic mass is 35.5. The van der Waals surface area contributed by atoms with Gasteiger partial charge >= 0.3 is 0 Å². The maximum atomic E-state index is 10.6. The molecule has 2 aliphatic carbocycles. The van der Waals surface area contributed by atoms with Crippen molar-refractivity contribution in [2.45, 2.75) is 83.3 Å². The number of rotatable bonds is 13. The highest BCUT2D eigenvalue weighted by Crippen LogP contribution is 2.36. The maximum Gasteiger partial charge on any atom is 0.138 e. The van der Waals surface area contributed by atoms with Gasteiger partial charge in [0.2, 0.25) is 0 Å². The lowest BCUT2D eigenvalue weighted by Crippen LogP contribution is -2.48. The Bertz CT molecular complexity index is 1150. The molecule has 10 heteroatoms. The molecule has 2 heterocycles. The van der Waals surface area contributed by atoms with Crippen molar-refractivity contribution in [3.05, 3.63) is 57.6 Å². The van der Waals surface area contributed by atoms with Gasteiger partial charge in [0, 0.05) is 27.5 Å². The van der Waals surface area contributed by atoms with Crippen molar-refractivity contribution in [2.24, 2.45) is 5.92 Å². The highest BCUT2D eigenvalue weighted by molar-refractivity contribution is 6.32. The van der Waals surface area contributed by atoms with Crippen LogP contribution >= 0.6 is 23.2 Å². The van der Waals surface area contributed by atoms with Gasteiger partial charge in [-0.2, -0.15) is 0 Å². The van der Waals surface area contributed by atoms with Gasteiger partial charge in [-0.1, -0.05) is 49.7 Å². The Morgan fingerprint density at radius 1 is 0.791 bits per heavy atom. The van der Waals surface area contributed by atoms with Crippen LogP contribution in [-0.2, 0) is 0 Å². The molecule has 43 heavy (non-hydrogen) atoms. The van der Waals surface area contributed by atoms with E-state index in [1.165, 1.54) is 12.8 Å². The predicted molar refractivity (Wildman–Crippen MR) is 177 cm³/mol. The highest BCUT2D eigenvalue weighted by Gasteiger charge is 2.28. The minimum atomic E-state index is -0.567. The van der Waals surface area contributed by atoms with Crippen LogP contribution in [0.4, 0.5) is 0 Å². The predicted octanol–water partition coefficient (Wildman–Crippen LogP) is 5.72. The average Bonchev–Trinajstić information content (AvgIpc) is 3.85. The normalized spacial score (nSPS) is 20.9. The summed E-state index contributed by atoms with van der Waals surface area (Å²) in [4.78, 5) is 4.72. The zero-order valence-corrected chi connectivity index (χ0v) is 26.4. The van der Waals surface area contributed by atoms with Crippen molar-refractivity contribution >= 4 is 31.6 Å². The van der Waals surface area contributed by atoms with Crippen molar-refractivity contribution in [3.63, 3.8) is 0 Å².